The Kier molecular flexibility index (Phi) is 3.52. The summed E-state index contributed by atoms with van der Waals surface area (Å²) < 4.78 is 13.5. The van der Waals surface area contributed by atoms with Crippen molar-refractivity contribution in [3.05, 3.63) is 35.1 Å². The van der Waals surface area contributed by atoms with Crippen LogP contribution in [0.3, 0.4) is 0 Å². The molecule has 3 N–H and O–H groups in total. The van der Waals surface area contributed by atoms with Crippen LogP contribution in [-0.4, -0.2) is 35.2 Å². The number of carboxylic acid groups (broad SMARTS) is 1. The van der Waals surface area contributed by atoms with Crippen LogP contribution in [0.25, 0.3) is 0 Å². The average molecular weight is 252 g/mol. The Morgan fingerprint density at radius 1 is 1.56 bits per heavy atom. The summed E-state index contributed by atoms with van der Waals surface area (Å²) in [5.74, 6) is -0.212. The third-order valence-corrected chi connectivity index (χ3v) is 3.55. The summed E-state index contributed by atoms with van der Waals surface area (Å²) in [5.41, 5.74) is 7.46. The standard InChI is InChI=1S/C13H17FN2O2/c1-8-2-3-9(6-11(8)14)10-4-5-16(13(17)18)7-12(10)15/h2-3,6,10,12H,4-5,7,15H2,1H3,(H,17,18). The van der Waals surface area contributed by atoms with Crippen LogP contribution in [0.15, 0.2) is 18.2 Å². The molecule has 1 amide bonds. The lowest BCUT2D eigenvalue weighted by atomic mass is 9.85. The molecule has 5 heteroatoms. The highest BCUT2D eigenvalue weighted by Gasteiger charge is 2.30. The van der Waals surface area contributed by atoms with E-state index < -0.39 is 6.09 Å². The molecule has 0 spiro atoms. The zero-order chi connectivity index (χ0) is 13.3. The summed E-state index contributed by atoms with van der Waals surface area (Å²) >= 11 is 0. The number of aryl methyl sites for hydroxylation is 1. The third-order valence-electron chi connectivity index (χ3n) is 3.55. The van der Waals surface area contributed by atoms with Gasteiger partial charge < -0.3 is 15.7 Å². The van der Waals surface area contributed by atoms with Crippen LogP contribution < -0.4 is 5.73 Å². The Balaban J connectivity index is 2.15. The number of piperidine rings is 1. The largest absolute Gasteiger partial charge is 0.465 e. The zero-order valence-corrected chi connectivity index (χ0v) is 10.3. The van der Waals surface area contributed by atoms with Crippen LogP contribution in [0.2, 0.25) is 0 Å². The molecule has 1 aliphatic rings. The highest BCUT2D eigenvalue weighted by molar-refractivity contribution is 5.65. The molecule has 18 heavy (non-hydrogen) atoms. The number of nitrogens with zero attached hydrogens (tertiary/aromatic N) is 1. The second kappa shape index (κ2) is 4.94. The van der Waals surface area contributed by atoms with E-state index in [0.717, 1.165) is 5.56 Å². The average Bonchev–Trinajstić information content (AvgIpc) is 2.32. The minimum Gasteiger partial charge on any atom is -0.465 e. The van der Waals surface area contributed by atoms with Gasteiger partial charge in [-0.3, -0.25) is 0 Å². The second-order valence-electron chi connectivity index (χ2n) is 4.80. The molecule has 2 rings (SSSR count). The second-order valence-corrected chi connectivity index (χ2v) is 4.80. The molecule has 0 saturated carbocycles. The number of nitrogens with two attached hydrogens (primary N) is 1. The van der Waals surface area contributed by atoms with Crippen molar-refractivity contribution < 1.29 is 14.3 Å². The molecule has 0 radical (unpaired) electrons. The molecule has 4 nitrogen and oxygen atoms in total. The lowest BCUT2D eigenvalue weighted by molar-refractivity contribution is 0.126. The van der Waals surface area contributed by atoms with Gasteiger partial charge in [-0.25, -0.2) is 9.18 Å². The first kappa shape index (κ1) is 12.8. The van der Waals surface area contributed by atoms with Crippen LogP contribution in [0.5, 0.6) is 0 Å². The lowest BCUT2D eigenvalue weighted by Gasteiger charge is -2.35. The van der Waals surface area contributed by atoms with Gasteiger partial charge in [-0.2, -0.15) is 0 Å². The van der Waals surface area contributed by atoms with Gasteiger partial charge in [0.25, 0.3) is 0 Å². The molecule has 2 unspecified atom stereocenters. The van der Waals surface area contributed by atoms with Gasteiger partial charge >= 0.3 is 6.09 Å². The Morgan fingerprint density at radius 2 is 2.28 bits per heavy atom. The number of rotatable bonds is 1. The number of hydrogen-bond acceptors (Lipinski definition) is 2. The number of likely N-dealkylation sites (tertiary alicyclic amines) is 1. The molecule has 1 saturated heterocycles. The number of carbonyl (C=O) groups is 1. The molecule has 0 aliphatic carbocycles. The van der Waals surface area contributed by atoms with Crippen molar-refractivity contribution in [2.24, 2.45) is 5.73 Å². The number of amides is 1. The number of hydrogen-bond donors (Lipinski definition) is 2. The summed E-state index contributed by atoms with van der Waals surface area (Å²) in [4.78, 5) is 12.2. The van der Waals surface area contributed by atoms with E-state index >= 15 is 0 Å². The van der Waals surface area contributed by atoms with Crippen molar-refractivity contribution in [1.82, 2.24) is 4.90 Å². The summed E-state index contributed by atoms with van der Waals surface area (Å²) in [6.45, 7) is 2.46. The van der Waals surface area contributed by atoms with Crippen LogP contribution in [0.1, 0.15) is 23.5 Å². The highest BCUT2D eigenvalue weighted by atomic mass is 19.1. The molecule has 1 aliphatic heterocycles. The van der Waals surface area contributed by atoms with E-state index in [9.17, 15) is 9.18 Å². The maximum atomic E-state index is 13.5. The van der Waals surface area contributed by atoms with Crippen molar-refractivity contribution >= 4 is 6.09 Å². The predicted molar refractivity (Wildman–Crippen MR) is 66.1 cm³/mol. The smallest absolute Gasteiger partial charge is 0.407 e. The van der Waals surface area contributed by atoms with Crippen molar-refractivity contribution in [2.75, 3.05) is 13.1 Å². The molecular weight excluding hydrogens is 235 g/mol. The van der Waals surface area contributed by atoms with Gasteiger partial charge in [0.1, 0.15) is 5.82 Å². The molecule has 0 aromatic heterocycles. The van der Waals surface area contributed by atoms with Crippen molar-refractivity contribution in [1.29, 1.82) is 0 Å². The topological polar surface area (TPSA) is 66.6 Å². The summed E-state index contributed by atoms with van der Waals surface area (Å²) in [6.07, 6.45) is -0.310. The zero-order valence-electron chi connectivity index (χ0n) is 10.3. The number of halogens is 1. The van der Waals surface area contributed by atoms with Gasteiger partial charge in [0, 0.05) is 25.0 Å². The molecule has 0 bridgehead atoms. The Bertz CT molecular complexity index is 464. The molecule has 1 aromatic carbocycles. The minimum absolute atomic E-state index is 0.0238. The van der Waals surface area contributed by atoms with Gasteiger partial charge in [0.15, 0.2) is 0 Å². The lowest BCUT2D eigenvalue weighted by Crippen LogP contribution is -2.49. The quantitative estimate of drug-likeness (QED) is 0.802. The van der Waals surface area contributed by atoms with E-state index in [2.05, 4.69) is 0 Å². The van der Waals surface area contributed by atoms with Crippen LogP contribution >= 0.6 is 0 Å². The van der Waals surface area contributed by atoms with Gasteiger partial charge in [-0.05, 0) is 30.5 Å². The molecule has 1 heterocycles. The van der Waals surface area contributed by atoms with Gasteiger partial charge in [0.05, 0.1) is 0 Å². The molecule has 1 fully saturated rings. The molecule has 2 atom stereocenters. The van der Waals surface area contributed by atoms with Crippen LogP contribution in [0.4, 0.5) is 9.18 Å². The summed E-state index contributed by atoms with van der Waals surface area (Å²) in [7, 11) is 0. The molecule has 1 aromatic rings. The van der Waals surface area contributed by atoms with Crippen molar-refractivity contribution in [3.63, 3.8) is 0 Å². The normalized spacial score (nSPS) is 24.1. The van der Waals surface area contributed by atoms with E-state index in [-0.39, 0.29) is 17.8 Å². The van der Waals surface area contributed by atoms with Gasteiger partial charge in [-0.1, -0.05) is 12.1 Å². The first-order chi connectivity index (χ1) is 8.49. The fourth-order valence-electron chi connectivity index (χ4n) is 2.41. The van der Waals surface area contributed by atoms with Gasteiger partial charge in [0.2, 0.25) is 0 Å². The van der Waals surface area contributed by atoms with E-state index in [4.69, 9.17) is 10.8 Å². The Labute approximate surface area is 105 Å². The summed E-state index contributed by atoms with van der Waals surface area (Å²) in [5, 5.41) is 8.90. The Morgan fingerprint density at radius 3 is 2.83 bits per heavy atom. The first-order valence-corrected chi connectivity index (χ1v) is 5.98. The summed E-state index contributed by atoms with van der Waals surface area (Å²) in [6, 6.07) is 4.84. The van der Waals surface area contributed by atoms with E-state index in [1.54, 1.807) is 13.0 Å². The number of benzene rings is 1. The van der Waals surface area contributed by atoms with Crippen molar-refractivity contribution in [2.45, 2.75) is 25.3 Å². The first-order valence-electron chi connectivity index (χ1n) is 5.98. The fraction of sp³-hybridized carbons (Fsp3) is 0.462. The minimum atomic E-state index is -0.945. The fourth-order valence-corrected chi connectivity index (χ4v) is 2.41. The SMILES string of the molecule is Cc1ccc(C2CCN(C(=O)O)CC2N)cc1F. The van der Waals surface area contributed by atoms with E-state index in [0.29, 0.717) is 25.1 Å². The van der Waals surface area contributed by atoms with Crippen molar-refractivity contribution in [3.8, 4) is 0 Å². The molecular formula is C13H17FN2O2. The molecule has 98 valence electrons. The monoisotopic (exact) mass is 252 g/mol. The maximum absolute atomic E-state index is 13.5. The van der Waals surface area contributed by atoms with Gasteiger partial charge in [-0.15, -0.1) is 0 Å². The van der Waals surface area contributed by atoms with E-state index in [1.807, 2.05) is 6.07 Å². The third kappa shape index (κ3) is 2.46. The predicted octanol–water partition coefficient (Wildman–Crippen LogP) is 1.93. The highest BCUT2D eigenvalue weighted by Crippen LogP contribution is 2.28. The Hall–Kier alpha value is -1.62. The van der Waals surface area contributed by atoms with Crippen LogP contribution in [-0.2, 0) is 0 Å². The van der Waals surface area contributed by atoms with E-state index in [1.165, 1.54) is 11.0 Å². The van der Waals surface area contributed by atoms with Crippen LogP contribution in [0, 0.1) is 12.7 Å². The maximum Gasteiger partial charge on any atom is 0.407 e.